The van der Waals surface area contributed by atoms with Gasteiger partial charge >= 0.3 is 0 Å². The Bertz CT molecular complexity index is 1180. The van der Waals surface area contributed by atoms with Gasteiger partial charge in [-0.15, -0.1) is 21.5 Å². The Morgan fingerprint density at radius 1 is 1.41 bits per heavy atom. The quantitative estimate of drug-likeness (QED) is 0.508. The summed E-state index contributed by atoms with van der Waals surface area (Å²) in [5.74, 6) is 2.08. The van der Waals surface area contributed by atoms with Gasteiger partial charge < -0.3 is 14.6 Å². The molecule has 3 aromatic rings. The first-order chi connectivity index (χ1) is 15.5. The summed E-state index contributed by atoms with van der Waals surface area (Å²) >= 11 is 2.86. The van der Waals surface area contributed by atoms with E-state index in [9.17, 15) is 10.1 Å². The minimum absolute atomic E-state index is 0.155. The molecule has 1 N–H and O–H groups in total. The second-order valence-electron chi connectivity index (χ2n) is 7.80. The van der Waals surface area contributed by atoms with E-state index in [1.807, 2.05) is 42.8 Å². The summed E-state index contributed by atoms with van der Waals surface area (Å²) in [6, 6.07) is 9.99. The minimum atomic E-state index is -0.155. The average Bonchev–Trinajstić information content (AvgIpc) is 3.31. The molecule has 1 amide bonds. The number of nitriles is 1. The van der Waals surface area contributed by atoms with Gasteiger partial charge in [-0.3, -0.25) is 4.79 Å². The van der Waals surface area contributed by atoms with E-state index in [1.165, 1.54) is 16.6 Å². The lowest BCUT2D eigenvalue weighted by Gasteiger charge is -2.17. The molecule has 0 aliphatic heterocycles. The molecule has 1 atom stereocenters. The molecular weight excluding hydrogens is 442 g/mol. The molecule has 4 rings (SSSR count). The van der Waals surface area contributed by atoms with Crippen LogP contribution in [0, 0.1) is 17.2 Å². The molecule has 0 bridgehead atoms. The number of nitrogens with zero attached hydrogens (tertiary/aromatic N) is 4. The molecule has 32 heavy (non-hydrogen) atoms. The summed E-state index contributed by atoms with van der Waals surface area (Å²) in [7, 11) is 1.88. The number of rotatable bonds is 7. The topological polar surface area (TPSA) is 92.8 Å². The van der Waals surface area contributed by atoms with Crippen LogP contribution in [0.5, 0.6) is 5.75 Å². The van der Waals surface area contributed by atoms with Crippen LogP contribution in [0.3, 0.4) is 0 Å². The zero-order valence-electron chi connectivity index (χ0n) is 18.3. The molecule has 1 aliphatic rings. The Kier molecular flexibility index (Phi) is 6.82. The second-order valence-corrected chi connectivity index (χ2v) is 9.85. The fourth-order valence-electron chi connectivity index (χ4n) is 3.86. The van der Waals surface area contributed by atoms with Crippen LogP contribution >= 0.6 is 23.1 Å². The van der Waals surface area contributed by atoms with Crippen LogP contribution in [0.1, 0.15) is 36.3 Å². The number of amides is 1. The lowest BCUT2D eigenvalue weighted by molar-refractivity contribution is -0.113. The third-order valence-electron chi connectivity index (χ3n) is 5.47. The Hall–Kier alpha value is -2.83. The van der Waals surface area contributed by atoms with Crippen LogP contribution in [0.4, 0.5) is 5.00 Å². The number of aromatic nitrogens is 3. The number of fused-ring (bicyclic) bond motifs is 1. The maximum absolute atomic E-state index is 12.6. The van der Waals surface area contributed by atoms with Gasteiger partial charge in [0, 0.05) is 11.9 Å². The summed E-state index contributed by atoms with van der Waals surface area (Å²) in [4.78, 5) is 13.9. The van der Waals surface area contributed by atoms with Crippen LogP contribution in [0.2, 0.25) is 0 Å². The van der Waals surface area contributed by atoms with Gasteiger partial charge in [0.05, 0.1) is 23.5 Å². The minimum Gasteiger partial charge on any atom is -0.493 e. The van der Waals surface area contributed by atoms with Gasteiger partial charge in [0.15, 0.2) is 11.0 Å². The van der Waals surface area contributed by atoms with Gasteiger partial charge in [0.2, 0.25) is 5.91 Å². The molecule has 166 valence electrons. The largest absolute Gasteiger partial charge is 0.493 e. The molecule has 2 heterocycles. The molecule has 0 spiro atoms. The molecule has 0 fully saturated rings. The van der Waals surface area contributed by atoms with Crippen LogP contribution in [-0.4, -0.2) is 33.0 Å². The molecular formula is C23H25N5O2S2. The summed E-state index contributed by atoms with van der Waals surface area (Å²) in [6.45, 7) is 4.73. The number of thioether (sulfide) groups is 1. The maximum atomic E-state index is 12.6. The molecule has 0 radical (unpaired) electrons. The van der Waals surface area contributed by atoms with Gasteiger partial charge in [0.1, 0.15) is 16.8 Å². The van der Waals surface area contributed by atoms with Crippen LogP contribution < -0.4 is 10.1 Å². The van der Waals surface area contributed by atoms with Gasteiger partial charge in [-0.05, 0) is 49.8 Å². The number of hydrogen-bond donors (Lipinski definition) is 1. The Labute approximate surface area is 195 Å². The maximum Gasteiger partial charge on any atom is 0.235 e. The van der Waals surface area contributed by atoms with Crippen molar-refractivity contribution >= 4 is 34.0 Å². The molecule has 9 heteroatoms. The SMILES string of the molecule is CCOc1ccccc1-c1nnc(SCC(=O)Nc2sc3c(c2C#N)CCC(C)C3)n1C. The Balaban J connectivity index is 1.45. The lowest BCUT2D eigenvalue weighted by atomic mass is 9.89. The summed E-state index contributed by atoms with van der Waals surface area (Å²) in [5, 5.41) is 22.4. The van der Waals surface area contributed by atoms with E-state index < -0.39 is 0 Å². The average molecular weight is 468 g/mol. The molecule has 1 aromatic carbocycles. The monoisotopic (exact) mass is 467 g/mol. The smallest absolute Gasteiger partial charge is 0.235 e. The van der Waals surface area contributed by atoms with E-state index in [4.69, 9.17) is 4.74 Å². The van der Waals surface area contributed by atoms with Gasteiger partial charge in [-0.25, -0.2) is 0 Å². The first kappa shape index (κ1) is 22.4. The lowest BCUT2D eigenvalue weighted by Crippen LogP contribution is -2.14. The number of para-hydroxylation sites is 1. The number of nitrogens with one attached hydrogen (secondary N) is 1. The highest BCUT2D eigenvalue weighted by Crippen LogP contribution is 2.39. The van der Waals surface area contributed by atoms with Gasteiger partial charge in [-0.1, -0.05) is 30.8 Å². The standard InChI is InChI=1S/C23H25N5O2S2/c1-4-30-18-8-6-5-7-16(18)21-26-27-23(28(21)3)31-13-20(29)25-22-17(12-24)15-10-9-14(2)11-19(15)32-22/h5-8,14H,4,9-11,13H2,1-3H3,(H,25,29). The third-order valence-corrected chi connectivity index (χ3v) is 7.66. The van der Waals surface area contributed by atoms with Crippen molar-refractivity contribution in [2.45, 2.75) is 38.3 Å². The third kappa shape index (κ3) is 4.52. The fraction of sp³-hybridized carbons (Fsp3) is 0.391. The highest BCUT2D eigenvalue weighted by Gasteiger charge is 2.25. The van der Waals surface area contributed by atoms with Crippen LogP contribution in [0.15, 0.2) is 29.4 Å². The van der Waals surface area contributed by atoms with Crippen molar-refractivity contribution in [2.75, 3.05) is 17.7 Å². The van der Waals surface area contributed by atoms with E-state index in [-0.39, 0.29) is 11.7 Å². The number of hydrogen-bond acceptors (Lipinski definition) is 7. The molecule has 2 aromatic heterocycles. The number of ether oxygens (including phenoxy) is 1. The second kappa shape index (κ2) is 9.76. The summed E-state index contributed by atoms with van der Waals surface area (Å²) in [6.07, 6.45) is 2.97. The van der Waals surface area contributed by atoms with E-state index in [2.05, 4.69) is 28.5 Å². The molecule has 7 nitrogen and oxygen atoms in total. The van der Waals surface area contributed by atoms with Crippen LogP contribution in [0.25, 0.3) is 11.4 Å². The van der Waals surface area contributed by atoms with E-state index in [0.29, 0.717) is 34.1 Å². The molecule has 0 saturated carbocycles. The van der Waals surface area contributed by atoms with Gasteiger partial charge in [0.25, 0.3) is 0 Å². The first-order valence-electron chi connectivity index (χ1n) is 10.6. The number of benzene rings is 1. The highest BCUT2D eigenvalue weighted by molar-refractivity contribution is 7.99. The zero-order valence-corrected chi connectivity index (χ0v) is 20.0. The van der Waals surface area contributed by atoms with E-state index in [1.54, 1.807) is 11.3 Å². The zero-order chi connectivity index (χ0) is 22.7. The van der Waals surface area contributed by atoms with Crippen molar-refractivity contribution in [2.24, 2.45) is 13.0 Å². The van der Waals surface area contributed by atoms with Crippen molar-refractivity contribution < 1.29 is 9.53 Å². The molecule has 0 saturated heterocycles. The van der Waals surface area contributed by atoms with Crippen molar-refractivity contribution in [1.29, 1.82) is 5.26 Å². The van der Waals surface area contributed by atoms with Crippen molar-refractivity contribution in [1.82, 2.24) is 14.8 Å². The van der Waals surface area contributed by atoms with Crippen molar-refractivity contribution in [3.8, 4) is 23.2 Å². The predicted octanol–water partition coefficient (Wildman–Crippen LogP) is 4.67. The van der Waals surface area contributed by atoms with Gasteiger partial charge in [-0.2, -0.15) is 5.26 Å². The van der Waals surface area contributed by atoms with Crippen LogP contribution in [-0.2, 0) is 24.7 Å². The normalized spacial score (nSPS) is 15.1. The number of carbonyl (C=O) groups excluding carboxylic acids is 1. The number of anilines is 1. The summed E-state index contributed by atoms with van der Waals surface area (Å²) < 4.78 is 7.57. The van der Waals surface area contributed by atoms with E-state index in [0.717, 1.165) is 36.1 Å². The first-order valence-corrected chi connectivity index (χ1v) is 12.4. The Morgan fingerprint density at radius 2 is 2.22 bits per heavy atom. The fourth-order valence-corrected chi connectivity index (χ4v) is 5.95. The predicted molar refractivity (Wildman–Crippen MR) is 127 cm³/mol. The molecule has 1 aliphatic carbocycles. The van der Waals surface area contributed by atoms with Crippen molar-refractivity contribution in [3.63, 3.8) is 0 Å². The summed E-state index contributed by atoms with van der Waals surface area (Å²) in [5.41, 5.74) is 2.60. The number of carbonyl (C=O) groups is 1. The van der Waals surface area contributed by atoms with E-state index >= 15 is 0 Å². The number of thiophene rings is 1. The molecule has 1 unspecified atom stereocenters. The highest BCUT2D eigenvalue weighted by atomic mass is 32.2. The van der Waals surface area contributed by atoms with Crippen molar-refractivity contribution in [3.05, 3.63) is 40.3 Å². The Morgan fingerprint density at radius 3 is 3.00 bits per heavy atom.